The monoisotopic (exact) mass is 395 g/mol. The van der Waals surface area contributed by atoms with Crippen molar-refractivity contribution in [3.05, 3.63) is 83.0 Å². The molecule has 4 aromatic rings. The zero-order valence-corrected chi connectivity index (χ0v) is 16.6. The van der Waals surface area contributed by atoms with E-state index in [-0.39, 0.29) is 5.91 Å². The van der Waals surface area contributed by atoms with Gasteiger partial charge in [-0.15, -0.1) is 0 Å². The maximum atomic E-state index is 12.6. The van der Waals surface area contributed by atoms with E-state index in [9.17, 15) is 4.79 Å². The number of amides is 1. The van der Waals surface area contributed by atoms with Gasteiger partial charge in [-0.2, -0.15) is 10.2 Å². The number of nitrogen functional groups attached to an aromatic ring is 1. The van der Waals surface area contributed by atoms with E-state index in [0.29, 0.717) is 17.1 Å². The molecule has 0 spiro atoms. The molecule has 1 aliphatic carbocycles. The fraction of sp³-hybridized carbons (Fsp3) is 0.125. The Labute approximate surface area is 173 Å². The summed E-state index contributed by atoms with van der Waals surface area (Å²) in [6, 6.07) is 19.8. The Morgan fingerprint density at radius 2 is 1.83 bits per heavy atom. The molecule has 30 heavy (non-hydrogen) atoms. The summed E-state index contributed by atoms with van der Waals surface area (Å²) in [5.41, 5.74) is 15.5. The second-order valence-electron chi connectivity index (χ2n) is 7.54. The van der Waals surface area contributed by atoms with E-state index in [2.05, 4.69) is 51.1 Å². The number of carbonyl (C=O) groups is 1. The zero-order valence-electron chi connectivity index (χ0n) is 16.6. The summed E-state index contributed by atoms with van der Waals surface area (Å²) in [5.74, 6) is -0.338. The summed E-state index contributed by atoms with van der Waals surface area (Å²) in [5, 5.41) is 13.9. The van der Waals surface area contributed by atoms with Crippen molar-refractivity contribution in [2.45, 2.75) is 19.8 Å². The van der Waals surface area contributed by atoms with Crippen LogP contribution >= 0.6 is 0 Å². The first-order chi connectivity index (χ1) is 14.6. The molecular formula is C24H21N5O. The number of rotatable bonds is 4. The van der Waals surface area contributed by atoms with Crippen LogP contribution < -0.4 is 11.2 Å². The number of nitrogens with two attached hydrogens (primary N) is 1. The maximum absolute atomic E-state index is 12.6. The van der Waals surface area contributed by atoms with Crippen LogP contribution in [0.3, 0.4) is 0 Å². The lowest BCUT2D eigenvalue weighted by molar-refractivity contribution is 0.0950. The maximum Gasteiger partial charge on any atom is 0.289 e. The van der Waals surface area contributed by atoms with Crippen LogP contribution in [-0.2, 0) is 12.8 Å². The average molecular weight is 395 g/mol. The van der Waals surface area contributed by atoms with Crippen LogP contribution in [0.2, 0.25) is 0 Å². The minimum atomic E-state index is -0.338. The molecule has 0 saturated heterocycles. The van der Waals surface area contributed by atoms with Gasteiger partial charge in [-0.3, -0.25) is 9.89 Å². The van der Waals surface area contributed by atoms with Crippen molar-refractivity contribution in [3.8, 4) is 11.3 Å². The van der Waals surface area contributed by atoms with Crippen LogP contribution in [0.5, 0.6) is 0 Å². The number of anilines is 1. The lowest BCUT2D eigenvalue weighted by Crippen LogP contribution is -2.19. The van der Waals surface area contributed by atoms with E-state index in [0.717, 1.165) is 29.7 Å². The average Bonchev–Trinajstić information content (AvgIpc) is 3.42. The van der Waals surface area contributed by atoms with Crippen LogP contribution in [0.15, 0.2) is 65.8 Å². The van der Waals surface area contributed by atoms with Crippen LogP contribution in [-0.4, -0.2) is 21.8 Å². The number of aryl methyl sites for hydroxylation is 2. The van der Waals surface area contributed by atoms with Gasteiger partial charge in [-0.05, 0) is 65.4 Å². The number of carbonyl (C=O) groups excluding carboxylic acids is 1. The second kappa shape index (κ2) is 7.15. The van der Waals surface area contributed by atoms with E-state index in [4.69, 9.17) is 5.73 Å². The predicted octanol–water partition coefficient (Wildman–Crippen LogP) is 4.06. The molecule has 3 aromatic carbocycles. The molecule has 0 bridgehead atoms. The smallest absolute Gasteiger partial charge is 0.289 e. The Hall–Kier alpha value is -3.93. The van der Waals surface area contributed by atoms with E-state index in [1.807, 2.05) is 19.1 Å². The third kappa shape index (κ3) is 3.12. The normalized spacial score (nSPS) is 13.0. The summed E-state index contributed by atoms with van der Waals surface area (Å²) in [6.45, 7) is 1.83. The fourth-order valence-electron chi connectivity index (χ4n) is 4.03. The third-order valence-electron chi connectivity index (χ3n) is 5.63. The van der Waals surface area contributed by atoms with Crippen molar-refractivity contribution < 1.29 is 4.79 Å². The Morgan fingerprint density at radius 1 is 1.07 bits per heavy atom. The number of aromatic nitrogens is 2. The highest BCUT2D eigenvalue weighted by Gasteiger charge is 2.18. The molecule has 4 N–H and O–H groups in total. The molecule has 0 unspecified atom stereocenters. The van der Waals surface area contributed by atoms with Gasteiger partial charge in [0.2, 0.25) is 0 Å². The van der Waals surface area contributed by atoms with Gasteiger partial charge in [0.05, 0.1) is 11.4 Å². The van der Waals surface area contributed by atoms with Crippen molar-refractivity contribution >= 4 is 28.1 Å². The van der Waals surface area contributed by atoms with Gasteiger partial charge >= 0.3 is 0 Å². The van der Waals surface area contributed by atoms with Crippen molar-refractivity contribution in [1.82, 2.24) is 15.6 Å². The summed E-state index contributed by atoms with van der Waals surface area (Å²) >= 11 is 0. The molecule has 0 atom stereocenters. The van der Waals surface area contributed by atoms with Gasteiger partial charge in [0.1, 0.15) is 5.69 Å². The van der Waals surface area contributed by atoms with Gasteiger partial charge in [0.25, 0.3) is 5.91 Å². The number of benzene rings is 3. The summed E-state index contributed by atoms with van der Waals surface area (Å²) in [4.78, 5) is 12.6. The molecule has 1 heterocycles. The molecule has 1 aliphatic rings. The first-order valence-electron chi connectivity index (χ1n) is 9.90. The zero-order chi connectivity index (χ0) is 20.7. The lowest BCUT2D eigenvalue weighted by atomic mass is 9.98. The lowest BCUT2D eigenvalue weighted by Gasteiger charge is -2.06. The van der Waals surface area contributed by atoms with E-state index in [1.165, 1.54) is 21.9 Å². The second-order valence-corrected chi connectivity index (χ2v) is 7.54. The SMILES string of the molecule is C/C(=N/NC(=O)c1cc(-c2ccc3c4c(cccc24)CC3)n[nH]1)c1ccc(N)cc1. The highest BCUT2D eigenvalue weighted by atomic mass is 16.2. The van der Waals surface area contributed by atoms with Gasteiger partial charge < -0.3 is 5.73 Å². The Bertz CT molecular complexity index is 1290. The number of hydrogen-bond acceptors (Lipinski definition) is 4. The topological polar surface area (TPSA) is 96.2 Å². The predicted molar refractivity (Wildman–Crippen MR) is 119 cm³/mol. The van der Waals surface area contributed by atoms with Crippen LogP contribution in [0.1, 0.15) is 34.1 Å². The molecule has 148 valence electrons. The third-order valence-corrected chi connectivity index (χ3v) is 5.63. The molecule has 0 radical (unpaired) electrons. The minimum absolute atomic E-state index is 0.338. The molecular weight excluding hydrogens is 374 g/mol. The standard InChI is InChI=1S/C24H21N5O/c1-14(15-7-10-18(25)11-8-15)26-29-24(30)22-13-21(27-28-22)19-12-9-17-6-5-16-3-2-4-20(19)23(16)17/h2-4,7-13H,5-6,25H2,1H3,(H,27,28)(H,29,30)/b26-14-. The molecule has 6 nitrogen and oxygen atoms in total. The van der Waals surface area contributed by atoms with E-state index >= 15 is 0 Å². The fourth-order valence-corrected chi connectivity index (χ4v) is 4.03. The van der Waals surface area contributed by atoms with Gasteiger partial charge in [0.15, 0.2) is 0 Å². The van der Waals surface area contributed by atoms with Crippen LogP contribution in [0, 0.1) is 0 Å². The van der Waals surface area contributed by atoms with E-state index < -0.39 is 0 Å². The van der Waals surface area contributed by atoms with Crippen LogP contribution in [0.4, 0.5) is 5.69 Å². The minimum Gasteiger partial charge on any atom is -0.399 e. The van der Waals surface area contributed by atoms with Gasteiger partial charge in [-0.25, -0.2) is 5.43 Å². The molecule has 0 saturated carbocycles. The van der Waals surface area contributed by atoms with Gasteiger partial charge in [-0.1, -0.05) is 42.5 Å². The van der Waals surface area contributed by atoms with Gasteiger partial charge in [0, 0.05) is 11.3 Å². The van der Waals surface area contributed by atoms with Crippen molar-refractivity contribution in [2.75, 3.05) is 5.73 Å². The number of hydrogen-bond donors (Lipinski definition) is 3. The molecule has 1 amide bonds. The summed E-state index contributed by atoms with van der Waals surface area (Å²) in [6.07, 6.45) is 2.16. The molecule has 0 aliphatic heterocycles. The molecule has 6 heteroatoms. The van der Waals surface area contributed by atoms with Crippen molar-refractivity contribution in [2.24, 2.45) is 5.10 Å². The number of H-pyrrole nitrogens is 1. The highest BCUT2D eigenvalue weighted by Crippen LogP contribution is 2.36. The highest BCUT2D eigenvalue weighted by molar-refractivity contribution is 6.03. The van der Waals surface area contributed by atoms with Crippen molar-refractivity contribution in [1.29, 1.82) is 0 Å². The number of nitrogens with one attached hydrogen (secondary N) is 2. The molecule has 1 aromatic heterocycles. The Morgan fingerprint density at radius 3 is 2.63 bits per heavy atom. The molecule has 5 rings (SSSR count). The Balaban J connectivity index is 1.40. The Kier molecular flexibility index (Phi) is 4.32. The first kappa shape index (κ1) is 18.1. The largest absolute Gasteiger partial charge is 0.399 e. The summed E-state index contributed by atoms with van der Waals surface area (Å²) < 4.78 is 0. The summed E-state index contributed by atoms with van der Waals surface area (Å²) in [7, 11) is 0. The quantitative estimate of drug-likeness (QED) is 0.276. The number of hydrazone groups is 1. The van der Waals surface area contributed by atoms with E-state index in [1.54, 1.807) is 18.2 Å². The number of aromatic amines is 1. The van der Waals surface area contributed by atoms with Crippen molar-refractivity contribution in [3.63, 3.8) is 0 Å². The van der Waals surface area contributed by atoms with Crippen LogP contribution in [0.25, 0.3) is 22.0 Å². The number of nitrogens with zero attached hydrogens (tertiary/aromatic N) is 2. The molecule has 0 fully saturated rings. The first-order valence-corrected chi connectivity index (χ1v) is 9.90.